The zero-order valence-electron chi connectivity index (χ0n) is 25.2. The Bertz CT molecular complexity index is 2870. The average Bonchev–Trinajstić information content (AvgIpc) is 3.53. The van der Waals surface area contributed by atoms with Crippen LogP contribution >= 0.6 is 0 Å². The second-order valence-electron chi connectivity index (χ2n) is 12.0. The first-order valence-corrected chi connectivity index (χ1v) is 15.8. The van der Waals surface area contributed by atoms with Crippen molar-refractivity contribution < 1.29 is 4.42 Å². The second-order valence-corrected chi connectivity index (χ2v) is 12.0. The van der Waals surface area contributed by atoms with Gasteiger partial charge in [-0.05, 0) is 61.3 Å². The van der Waals surface area contributed by atoms with Gasteiger partial charge in [-0.15, -0.1) is 0 Å². The lowest BCUT2D eigenvalue weighted by Crippen LogP contribution is -2.01. The van der Waals surface area contributed by atoms with Gasteiger partial charge in [-0.3, -0.25) is 0 Å². The summed E-state index contributed by atoms with van der Waals surface area (Å²) in [4.78, 5) is 15.4. The molecule has 8 aromatic carbocycles. The summed E-state index contributed by atoms with van der Waals surface area (Å²) >= 11 is 0. The van der Waals surface area contributed by atoms with Crippen molar-refractivity contribution in [3.8, 4) is 34.2 Å². The van der Waals surface area contributed by atoms with E-state index in [1.54, 1.807) is 0 Å². The Morgan fingerprint density at radius 2 is 0.915 bits per heavy atom. The lowest BCUT2D eigenvalue weighted by atomic mass is 9.95. The molecule has 0 saturated heterocycles. The van der Waals surface area contributed by atoms with Crippen LogP contribution in [0.1, 0.15) is 0 Å². The van der Waals surface area contributed by atoms with E-state index in [2.05, 4.69) is 121 Å². The van der Waals surface area contributed by atoms with Crippen molar-refractivity contribution in [2.45, 2.75) is 0 Å². The predicted octanol–water partition coefficient (Wildman–Crippen LogP) is 11.4. The van der Waals surface area contributed by atoms with Crippen LogP contribution in [0.15, 0.2) is 156 Å². The molecule has 218 valence electrons. The number of fused-ring (bicyclic) bond motifs is 9. The van der Waals surface area contributed by atoms with E-state index in [1.807, 2.05) is 30.3 Å². The van der Waals surface area contributed by atoms with Gasteiger partial charge in [-0.1, -0.05) is 133 Å². The molecule has 0 fully saturated rings. The second kappa shape index (κ2) is 10.1. The van der Waals surface area contributed by atoms with Crippen LogP contribution in [-0.4, -0.2) is 15.0 Å². The maximum Gasteiger partial charge on any atom is 0.167 e. The molecule has 0 N–H and O–H groups in total. The summed E-state index contributed by atoms with van der Waals surface area (Å²) < 4.78 is 6.44. The standard InChI is InChI=1S/C43H25N3O/c1-2-11-28-25-29(20-19-26(28)9-1)41-44-42(46-43(45-41)38-17-8-15-36-35-13-5-6-18-39(35)47-40(36)38)37-16-7-14-31-33-22-21-27-10-3-4-12-30(27)32(33)23-24-34(31)37/h1-25H. The molecule has 0 radical (unpaired) electrons. The highest BCUT2D eigenvalue weighted by Crippen LogP contribution is 2.38. The van der Waals surface area contributed by atoms with E-state index in [9.17, 15) is 0 Å². The molecule has 0 aliphatic heterocycles. The van der Waals surface area contributed by atoms with E-state index in [1.165, 1.54) is 32.3 Å². The van der Waals surface area contributed by atoms with Crippen LogP contribution in [0.4, 0.5) is 0 Å². The Balaban J connectivity index is 1.25. The van der Waals surface area contributed by atoms with Crippen LogP contribution in [0.3, 0.4) is 0 Å². The molecule has 2 heterocycles. The third kappa shape index (κ3) is 4.05. The summed E-state index contributed by atoms with van der Waals surface area (Å²) in [5.74, 6) is 1.82. The maximum atomic E-state index is 6.44. The zero-order chi connectivity index (χ0) is 30.9. The summed E-state index contributed by atoms with van der Waals surface area (Å²) in [6.07, 6.45) is 0. The minimum atomic E-state index is 0.576. The first-order chi connectivity index (χ1) is 23.3. The minimum Gasteiger partial charge on any atom is -0.455 e. The van der Waals surface area contributed by atoms with Gasteiger partial charge < -0.3 is 4.42 Å². The van der Waals surface area contributed by atoms with Crippen molar-refractivity contribution in [3.05, 3.63) is 152 Å². The number of furan rings is 1. The largest absolute Gasteiger partial charge is 0.455 e. The van der Waals surface area contributed by atoms with Gasteiger partial charge >= 0.3 is 0 Å². The maximum absolute atomic E-state index is 6.44. The molecule has 0 spiro atoms. The monoisotopic (exact) mass is 599 g/mol. The van der Waals surface area contributed by atoms with Crippen molar-refractivity contribution in [1.82, 2.24) is 15.0 Å². The fourth-order valence-corrected chi connectivity index (χ4v) is 7.05. The van der Waals surface area contributed by atoms with Gasteiger partial charge in [-0.25, -0.2) is 15.0 Å². The Morgan fingerprint density at radius 3 is 1.81 bits per heavy atom. The lowest BCUT2D eigenvalue weighted by molar-refractivity contribution is 0.669. The number of nitrogens with zero attached hydrogens (tertiary/aromatic N) is 3. The SMILES string of the molecule is c1ccc2cc(-c3nc(-c4cccc5c4ccc4c6ccccc6ccc54)nc(-c4cccc5c4oc4ccccc45)n3)ccc2c1. The Labute approximate surface area is 269 Å². The van der Waals surface area contributed by atoms with E-state index >= 15 is 0 Å². The normalized spacial score (nSPS) is 11.8. The average molecular weight is 600 g/mol. The van der Waals surface area contributed by atoms with Gasteiger partial charge in [-0.2, -0.15) is 0 Å². The molecule has 0 amide bonds. The molecule has 4 nitrogen and oxygen atoms in total. The van der Waals surface area contributed by atoms with Crippen LogP contribution in [0.25, 0.3) is 99.2 Å². The third-order valence-electron chi connectivity index (χ3n) is 9.31. The van der Waals surface area contributed by atoms with Crippen molar-refractivity contribution in [1.29, 1.82) is 0 Å². The van der Waals surface area contributed by atoms with Crippen LogP contribution in [0.5, 0.6) is 0 Å². The molecule has 0 aliphatic carbocycles. The van der Waals surface area contributed by atoms with Crippen molar-refractivity contribution in [2.75, 3.05) is 0 Å². The smallest absolute Gasteiger partial charge is 0.167 e. The van der Waals surface area contributed by atoms with Gasteiger partial charge in [0, 0.05) is 21.9 Å². The molecular weight excluding hydrogens is 574 g/mol. The summed E-state index contributed by atoms with van der Waals surface area (Å²) in [7, 11) is 0. The number of aromatic nitrogens is 3. The Morgan fingerprint density at radius 1 is 0.340 bits per heavy atom. The predicted molar refractivity (Wildman–Crippen MR) is 193 cm³/mol. The Hall–Kier alpha value is -6.39. The van der Waals surface area contributed by atoms with Crippen molar-refractivity contribution in [2.24, 2.45) is 0 Å². The summed E-state index contributed by atoms with van der Waals surface area (Å²) in [6.45, 7) is 0. The van der Waals surface area contributed by atoms with E-state index in [-0.39, 0.29) is 0 Å². The number of rotatable bonds is 3. The molecule has 4 heteroatoms. The summed E-state index contributed by atoms with van der Waals surface area (Å²) in [6, 6.07) is 52.9. The van der Waals surface area contributed by atoms with Gasteiger partial charge in [0.05, 0.1) is 5.56 Å². The lowest BCUT2D eigenvalue weighted by Gasteiger charge is -2.13. The highest BCUT2D eigenvalue weighted by atomic mass is 16.3. The summed E-state index contributed by atoms with van der Waals surface area (Å²) in [5.41, 5.74) is 4.34. The van der Waals surface area contributed by atoms with Crippen molar-refractivity contribution in [3.63, 3.8) is 0 Å². The molecular formula is C43H25N3O. The number of para-hydroxylation sites is 2. The zero-order valence-corrected chi connectivity index (χ0v) is 25.2. The van der Waals surface area contributed by atoms with E-state index < -0.39 is 0 Å². The number of benzene rings is 8. The van der Waals surface area contributed by atoms with E-state index in [0.717, 1.165) is 49.4 Å². The molecule has 10 aromatic rings. The van der Waals surface area contributed by atoms with Crippen LogP contribution in [0, 0.1) is 0 Å². The summed E-state index contributed by atoms with van der Waals surface area (Å²) in [5, 5.41) is 11.6. The molecule has 0 aliphatic rings. The van der Waals surface area contributed by atoms with Crippen molar-refractivity contribution >= 4 is 65.0 Å². The van der Waals surface area contributed by atoms with Gasteiger partial charge in [0.25, 0.3) is 0 Å². The van der Waals surface area contributed by atoms with Gasteiger partial charge in [0.1, 0.15) is 11.2 Å². The molecule has 0 saturated carbocycles. The molecule has 0 unspecified atom stereocenters. The topological polar surface area (TPSA) is 51.8 Å². The first kappa shape index (κ1) is 25.9. The molecule has 10 rings (SSSR count). The minimum absolute atomic E-state index is 0.576. The third-order valence-corrected chi connectivity index (χ3v) is 9.31. The van der Waals surface area contributed by atoms with Gasteiger partial charge in [0.2, 0.25) is 0 Å². The number of hydrogen-bond acceptors (Lipinski definition) is 4. The van der Waals surface area contributed by atoms with Crippen LogP contribution < -0.4 is 0 Å². The molecule has 0 atom stereocenters. The molecule has 2 aromatic heterocycles. The van der Waals surface area contributed by atoms with Crippen LogP contribution in [-0.2, 0) is 0 Å². The fourth-order valence-electron chi connectivity index (χ4n) is 7.05. The fraction of sp³-hybridized carbons (Fsp3) is 0. The Kier molecular flexibility index (Phi) is 5.54. The molecule has 0 bridgehead atoms. The number of hydrogen-bond donors (Lipinski definition) is 0. The van der Waals surface area contributed by atoms with E-state index in [0.29, 0.717) is 17.5 Å². The highest BCUT2D eigenvalue weighted by molar-refractivity contribution is 6.19. The van der Waals surface area contributed by atoms with Gasteiger partial charge in [0.15, 0.2) is 17.5 Å². The molecule has 47 heavy (non-hydrogen) atoms. The van der Waals surface area contributed by atoms with Crippen LogP contribution in [0.2, 0.25) is 0 Å². The highest BCUT2D eigenvalue weighted by Gasteiger charge is 2.19. The van der Waals surface area contributed by atoms with E-state index in [4.69, 9.17) is 19.4 Å². The first-order valence-electron chi connectivity index (χ1n) is 15.8. The quantitative estimate of drug-likeness (QED) is 0.190.